The topological polar surface area (TPSA) is 71.7 Å². The van der Waals surface area contributed by atoms with Gasteiger partial charge in [0.25, 0.3) is 0 Å². The Hall–Kier alpha value is -2.71. The minimum absolute atomic E-state index is 0.245. The number of ether oxygens (including phenoxy) is 1. The van der Waals surface area contributed by atoms with Crippen molar-refractivity contribution in [2.75, 3.05) is 39.8 Å². The SMILES string of the molecule is COc1ccc(CCC(=O)N2CCCN(CCCc3nc(-c4cccs4)no3)CC2)cc1. The van der Waals surface area contributed by atoms with Gasteiger partial charge in [-0.15, -0.1) is 11.3 Å². The molecule has 7 nitrogen and oxygen atoms in total. The highest BCUT2D eigenvalue weighted by molar-refractivity contribution is 7.13. The van der Waals surface area contributed by atoms with Crippen LogP contribution in [-0.4, -0.2) is 65.7 Å². The Morgan fingerprint density at radius 3 is 2.78 bits per heavy atom. The van der Waals surface area contributed by atoms with Gasteiger partial charge in [-0.25, -0.2) is 0 Å². The summed E-state index contributed by atoms with van der Waals surface area (Å²) in [6, 6.07) is 11.9. The molecule has 1 aliphatic rings. The Morgan fingerprint density at radius 2 is 2.00 bits per heavy atom. The molecule has 0 radical (unpaired) electrons. The molecule has 4 rings (SSSR count). The summed E-state index contributed by atoms with van der Waals surface area (Å²) in [7, 11) is 1.66. The van der Waals surface area contributed by atoms with Crippen molar-refractivity contribution >= 4 is 17.2 Å². The first kappa shape index (κ1) is 22.5. The molecule has 8 heteroatoms. The van der Waals surface area contributed by atoms with Gasteiger partial charge in [0.2, 0.25) is 17.6 Å². The third-order valence-electron chi connectivity index (χ3n) is 5.80. The third kappa shape index (κ3) is 6.17. The van der Waals surface area contributed by atoms with Crippen LogP contribution in [0.2, 0.25) is 0 Å². The number of amides is 1. The van der Waals surface area contributed by atoms with Gasteiger partial charge in [-0.2, -0.15) is 4.98 Å². The van der Waals surface area contributed by atoms with Gasteiger partial charge in [0, 0.05) is 32.5 Å². The van der Waals surface area contributed by atoms with Crippen LogP contribution in [-0.2, 0) is 17.6 Å². The van der Waals surface area contributed by atoms with Gasteiger partial charge in [-0.05, 0) is 61.5 Å². The van der Waals surface area contributed by atoms with E-state index in [9.17, 15) is 4.79 Å². The van der Waals surface area contributed by atoms with E-state index in [2.05, 4.69) is 15.0 Å². The molecule has 32 heavy (non-hydrogen) atoms. The van der Waals surface area contributed by atoms with Crippen LogP contribution >= 0.6 is 11.3 Å². The summed E-state index contributed by atoms with van der Waals surface area (Å²) in [6.07, 6.45) is 4.07. The molecule has 0 atom stereocenters. The maximum atomic E-state index is 12.7. The van der Waals surface area contributed by atoms with Gasteiger partial charge in [0.05, 0.1) is 12.0 Å². The zero-order valence-electron chi connectivity index (χ0n) is 18.5. The summed E-state index contributed by atoms with van der Waals surface area (Å²) in [6.45, 7) is 4.55. The van der Waals surface area contributed by atoms with Crippen molar-refractivity contribution < 1.29 is 14.1 Å². The molecule has 2 aromatic heterocycles. The Balaban J connectivity index is 1.17. The molecule has 0 unspecified atom stereocenters. The van der Waals surface area contributed by atoms with Crippen molar-refractivity contribution in [1.82, 2.24) is 19.9 Å². The number of aromatic nitrogens is 2. The second-order valence-electron chi connectivity index (χ2n) is 8.02. The van der Waals surface area contributed by atoms with Gasteiger partial charge < -0.3 is 19.1 Å². The number of nitrogens with zero attached hydrogens (tertiary/aromatic N) is 4. The standard InChI is InChI=1S/C24H30N4O3S/c1-30-20-10-7-19(8-11-20)9-12-23(29)28-15-4-14-27(16-17-28)13-2-6-22-25-24(26-31-22)21-5-3-18-32-21/h3,5,7-8,10-11,18H,2,4,6,9,12-17H2,1H3. The maximum absolute atomic E-state index is 12.7. The highest BCUT2D eigenvalue weighted by Gasteiger charge is 2.19. The van der Waals surface area contributed by atoms with E-state index in [1.807, 2.05) is 46.7 Å². The van der Waals surface area contributed by atoms with Crippen molar-refractivity contribution in [2.45, 2.75) is 32.1 Å². The molecule has 0 bridgehead atoms. The van der Waals surface area contributed by atoms with Crippen molar-refractivity contribution in [1.29, 1.82) is 0 Å². The summed E-state index contributed by atoms with van der Waals surface area (Å²) >= 11 is 1.61. The zero-order valence-corrected chi connectivity index (χ0v) is 19.4. The lowest BCUT2D eigenvalue weighted by Gasteiger charge is -2.22. The van der Waals surface area contributed by atoms with Crippen LogP contribution in [0.1, 0.15) is 30.7 Å². The number of benzene rings is 1. The molecule has 3 aromatic rings. The summed E-state index contributed by atoms with van der Waals surface area (Å²) in [4.78, 5) is 22.7. The van der Waals surface area contributed by atoms with Crippen LogP contribution in [0.4, 0.5) is 0 Å². The Kier molecular flexibility index (Phi) is 7.90. The highest BCUT2D eigenvalue weighted by Crippen LogP contribution is 2.21. The minimum Gasteiger partial charge on any atom is -0.497 e. The second kappa shape index (κ2) is 11.2. The summed E-state index contributed by atoms with van der Waals surface area (Å²) in [5.41, 5.74) is 1.17. The number of carbonyl (C=O) groups is 1. The molecular formula is C24H30N4O3S. The summed E-state index contributed by atoms with van der Waals surface area (Å²) in [5.74, 6) is 2.46. The van der Waals surface area contributed by atoms with E-state index in [-0.39, 0.29) is 5.91 Å². The number of rotatable bonds is 9. The average molecular weight is 455 g/mol. The van der Waals surface area contributed by atoms with Crippen LogP contribution in [0.5, 0.6) is 5.75 Å². The van der Waals surface area contributed by atoms with Crippen LogP contribution in [0.15, 0.2) is 46.3 Å². The summed E-state index contributed by atoms with van der Waals surface area (Å²) in [5, 5.41) is 6.09. The van der Waals surface area contributed by atoms with Crippen molar-refractivity contribution in [3.05, 3.63) is 53.2 Å². The van der Waals surface area contributed by atoms with E-state index >= 15 is 0 Å². The largest absolute Gasteiger partial charge is 0.497 e. The third-order valence-corrected chi connectivity index (χ3v) is 6.67. The highest BCUT2D eigenvalue weighted by atomic mass is 32.1. The number of aryl methyl sites for hydroxylation is 2. The first-order valence-electron chi connectivity index (χ1n) is 11.2. The maximum Gasteiger partial charge on any atom is 0.227 e. The molecule has 0 spiro atoms. The van der Waals surface area contributed by atoms with Crippen molar-refractivity contribution in [3.8, 4) is 16.5 Å². The fourth-order valence-electron chi connectivity index (χ4n) is 3.96. The summed E-state index contributed by atoms with van der Waals surface area (Å²) < 4.78 is 10.6. The van der Waals surface area contributed by atoms with Crippen molar-refractivity contribution in [2.24, 2.45) is 0 Å². The fourth-order valence-corrected chi connectivity index (χ4v) is 4.61. The first-order chi connectivity index (χ1) is 15.7. The lowest BCUT2D eigenvalue weighted by Crippen LogP contribution is -2.35. The van der Waals surface area contributed by atoms with Gasteiger partial charge in [0.1, 0.15) is 5.75 Å². The van der Waals surface area contributed by atoms with E-state index in [1.54, 1.807) is 18.4 Å². The van der Waals surface area contributed by atoms with Gasteiger partial charge >= 0.3 is 0 Å². The number of carbonyl (C=O) groups excluding carboxylic acids is 1. The van der Waals surface area contributed by atoms with E-state index in [0.717, 1.165) is 69.0 Å². The fraction of sp³-hybridized carbons (Fsp3) is 0.458. The van der Waals surface area contributed by atoms with E-state index in [4.69, 9.17) is 9.26 Å². The Bertz CT molecular complexity index is 972. The van der Waals surface area contributed by atoms with Gasteiger partial charge in [0.15, 0.2) is 0 Å². The molecular weight excluding hydrogens is 424 g/mol. The van der Waals surface area contributed by atoms with Gasteiger partial charge in [-0.3, -0.25) is 4.79 Å². The molecule has 1 aliphatic heterocycles. The van der Waals surface area contributed by atoms with Crippen LogP contribution in [0.25, 0.3) is 10.7 Å². The minimum atomic E-state index is 0.245. The molecule has 0 saturated carbocycles. The van der Waals surface area contributed by atoms with E-state index in [1.165, 1.54) is 5.56 Å². The quantitative estimate of drug-likeness (QED) is 0.488. The lowest BCUT2D eigenvalue weighted by molar-refractivity contribution is -0.131. The van der Waals surface area contributed by atoms with Crippen LogP contribution < -0.4 is 4.74 Å². The predicted molar refractivity (Wildman–Crippen MR) is 125 cm³/mol. The average Bonchev–Trinajstić information content (AvgIpc) is 3.46. The Morgan fingerprint density at radius 1 is 1.12 bits per heavy atom. The molecule has 0 N–H and O–H groups in total. The number of thiophene rings is 1. The van der Waals surface area contributed by atoms with Crippen molar-refractivity contribution in [3.63, 3.8) is 0 Å². The molecule has 1 saturated heterocycles. The molecule has 1 amide bonds. The zero-order chi connectivity index (χ0) is 22.2. The molecule has 3 heterocycles. The van der Waals surface area contributed by atoms with Gasteiger partial charge in [-0.1, -0.05) is 23.4 Å². The van der Waals surface area contributed by atoms with Crippen LogP contribution in [0.3, 0.4) is 0 Å². The number of hydrogen-bond donors (Lipinski definition) is 0. The number of hydrogen-bond acceptors (Lipinski definition) is 7. The molecule has 1 fully saturated rings. The lowest BCUT2D eigenvalue weighted by atomic mass is 10.1. The predicted octanol–water partition coefficient (Wildman–Crippen LogP) is 3.91. The molecule has 0 aliphatic carbocycles. The van der Waals surface area contributed by atoms with E-state index in [0.29, 0.717) is 18.1 Å². The first-order valence-corrected chi connectivity index (χ1v) is 12.1. The number of methoxy groups -OCH3 is 1. The monoisotopic (exact) mass is 454 g/mol. The molecule has 1 aromatic carbocycles. The molecule has 170 valence electrons. The van der Waals surface area contributed by atoms with E-state index < -0.39 is 0 Å². The van der Waals surface area contributed by atoms with Crippen LogP contribution in [0, 0.1) is 0 Å². The smallest absolute Gasteiger partial charge is 0.227 e. The normalized spacial score (nSPS) is 15.0. The Labute approximate surface area is 193 Å². The second-order valence-corrected chi connectivity index (χ2v) is 8.96.